The molecule has 6 rings (SSSR count). The second-order valence-corrected chi connectivity index (χ2v) is 9.83. The Morgan fingerprint density at radius 3 is 2.71 bits per heavy atom. The van der Waals surface area contributed by atoms with Crippen molar-refractivity contribution in [2.75, 3.05) is 13.1 Å². The number of hydrogen-bond donors (Lipinski definition) is 1. The highest BCUT2D eigenvalue weighted by Crippen LogP contribution is 2.42. The highest BCUT2D eigenvalue weighted by Gasteiger charge is 2.51. The monoisotopic (exact) mass is 481 g/mol. The van der Waals surface area contributed by atoms with Crippen LogP contribution in [0, 0.1) is 5.92 Å². The Morgan fingerprint density at radius 1 is 1.09 bits per heavy atom. The van der Waals surface area contributed by atoms with Gasteiger partial charge in [-0.25, -0.2) is 4.98 Å². The van der Waals surface area contributed by atoms with Crippen LogP contribution in [0.2, 0.25) is 0 Å². The van der Waals surface area contributed by atoms with E-state index in [1.807, 2.05) is 41.1 Å². The Labute approximate surface area is 199 Å². The van der Waals surface area contributed by atoms with Gasteiger partial charge in [-0.2, -0.15) is 13.2 Å². The van der Waals surface area contributed by atoms with Gasteiger partial charge >= 0.3 is 6.18 Å². The van der Waals surface area contributed by atoms with Gasteiger partial charge in [-0.15, -0.1) is 0 Å². The molecule has 1 saturated heterocycles. The summed E-state index contributed by atoms with van der Waals surface area (Å²) < 4.78 is 44.4. The third-order valence-corrected chi connectivity index (χ3v) is 7.56. The average molecular weight is 482 g/mol. The van der Waals surface area contributed by atoms with Gasteiger partial charge in [-0.3, -0.25) is 14.7 Å². The highest BCUT2D eigenvalue weighted by atomic mass is 19.4. The second kappa shape index (κ2) is 8.48. The summed E-state index contributed by atoms with van der Waals surface area (Å²) in [6.07, 6.45) is 3.39. The molecule has 2 aliphatic rings. The fraction of sp³-hybridized carbons (Fsp3) is 0.423. The first-order valence-corrected chi connectivity index (χ1v) is 12.1. The van der Waals surface area contributed by atoms with Crippen molar-refractivity contribution in [3.63, 3.8) is 0 Å². The van der Waals surface area contributed by atoms with Gasteiger partial charge in [0.2, 0.25) is 0 Å². The molecule has 1 saturated carbocycles. The minimum absolute atomic E-state index is 0.132. The van der Waals surface area contributed by atoms with E-state index in [0.717, 1.165) is 42.1 Å². The summed E-state index contributed by atoms with van der Waals surface area (Å²) in [5.74, 6) is -2.39. The first-order valence-electron chi connectivity index (χ1n) is 12.1. The van der Waals surface area contributed by atoms with E-state index in [1.165, 1.54) is 0 Å². The smallest absolute Gasteiger partial charge is 0.329 e. The number of nitrogens with one attached hydrogen (secondary N) is 1. The number of fused-ring (bicyclic) bond motifs is 2. The molecule has 182 valence electrons. The maximum atomic E-state index is 14.1. The average Bonchev–Trinajstić information content (AvgIpc) is 3.58. The first-order chi connectivity index (χ1) is 16.9. The predicted octanol–water partition coefficient (Wildman–Crippen LogP) is 5.17. The van der Waals surface area contributed by atoms with Crippen molar-refractivity contribution in [3.05, 3.63) is 70.5 Å². The van der Waals surface area contributed by atoms with Crippen LogP contribution in [0.15, 0.2) is 53.6 Å². The number of aromatic amines is 1. The summed E-state index contributed by atoms with van der Waals surface area (Å²) in [5.41, 5.74) is 1.91. The van der Waals surface area contributed by atoms with E-state index in [4.69, 9.17) is 0 Å². The molecule has 0 spiro atoms. The van der Waals surface area contributed by atoms with Gasteiger partial charge in [-0.05, 0) is 42.7 Å². The minimum Gasteiger partial charge on any atom is -0.329 e. The Kier molecular flexibility index (Phi) is 5.40. The van der Waals surface area contributed by atoms with Crippen molar-refractivity contribution in [2.24, 2.45) is 5.92 Å². The topological polar surface area (TPSA) is 66.8 Å². The number of rotatable bonds is 4. The molecule has 6 nitrogen and oxygen atoms in total. The zero-order valence-electron chi connectivity index (χ0n) is 19.1. The number of alkyl halides is 3. The maximum absolute atomic E-state index is 14.1. The molecule has 3 aromatic heterocycles. The molecule has 1 aromatic carbocycles. The molecule has 1 N–H and O–H groups in total. The van der Waals surface area contributed by atoms with Crippen LogP contribution in [-0.2, 0) is 6.54 Å². The zero-order valence-corrected chi connectivity index (χ0v) is 19.1. The number of halogens is 3. The lowest BCUT2D eigenvalue weighted by molar-refractivity contribution is -0.174. The molecule has 0 amide bonds. The van der Waals surface area contributed by atoms with Gasteiger partial charge < -0.3 is 9.55 Å². The summed E-state index contributed by atoms with van der Waals surface area (Å²) in [4.78, 5) is 26.3. The van der Waals surface area contributed by atoms with Gasteiger partial charge in [0.05, 0.1) is 16.8 Å². The Hall–Kier alpha value is -3.20. The number of H-pyrrole nitrogens is 1. The molecule has 1 aliphatic carbocycles. The van der Waals surface area contributed by atoms with Crippen molar-refractivity contribution in [3.8, 4) is 0 Å². The summed E-state index contributed by atoms with van der Waals surface area (Å²) in [5, 5.41) is 1.39. The third kappa shape index (κ3) is 4.11. The number of hydrogen-bond acceptors (Lipinski definition) is 4. The molecule has 4 aromatic rings. The third-order valence-electron chi connectivity index (χ3n) is 7.56. The molecule has 1 aliphatic heterocycles. The fourth-order valence-corrected chi connectivity index (χ4v) is 5.82. The van der Waals surface area contributed by atoms with Crippen molar-refractivity contribution in [1.29, 1.82) is 0 Å². The van der Waals surface area contributed by atoms with Crippen LogP contribution in [0.5, 0.6) is 0 Å². The van der Waals surface area contributed by atoms with Crippen molar-refractivity contribution >= 4 is 21.9 Å². The predicted molar refractivity (Wildman–Crippen MR) is 127 cm³/mol. The van der Waals surface area contributed by atoms with Crippen LogP contribution in [-0.4, -0.2) is 43.7 Å². The zero-order chi connectivity index (χ0) is 24.2. The van der Waals surface area contributed by atoms with Crippen LogP contribution >= 0.6 is 0 Å². The number of benzene rings is 1. The molecule has 2 fully saturated rings. The molecular weight excluding hydrogens is 455 g/mol. The van der Waals surface area contributed by atoms with Gasteiger partial charge in [0.25, 0.3) is 5.56 Å². The van der Waals surface area contributed by atoms with E-state index in [-0.39, 0.29) is 30.5 Å². The van der Waals surface area contributed by atoms with Gasteiger partial charge in [0, 0.05) is 49.4 Å². The molecular formula is C26H26F3N5O. The Bertz CT molecular complexity index is 1440. The van der Waals surface area contributed by atoms with Crippen LogP contribution in [0.25, 0.3) is 21.9 Å². The molecule has 0 radical (unpaired) electrons. The number of pyridine rings is 1. The van der Waals surface area contributed by atoms with Crippen LogP contribution in [0.4, 0.5) is 13.2 Å². The van der Waals surface area contributed by atoms with Crippen molar-refractivity contribution in [1.82, 2.24) is 24.4 Å². The fourth-order valence-electron chi connectivity index (χ4n) is 5.82. The summed E-state index contributed by atoms with van der Waals surface area (Å²) in [6, 6.07) is 11.5. The van der Waals surface area contributed by atoms with Crippen molar-refractivity contribution in [2.45, 2.75) is 50.4 Å². The number of nitrogens with zero attached hydrogens (tertiary/aromatic N) is 4. The van der Waals surface area contributed by atoms with Crippen LogP contribution in [0.1, 0.15) is 49.0 Å². The van der Waals surface area contributed by atoms with E-state index in [0.29, 0.717) is 17.6 Å². The van der Waals surface area contributed by atoms with E-state index in [1.54, 1.807) is 17.2 Å². The molecule has 0 unspecified atom stereocenters. The molecule has 4 heterocycles. The SMILES string of the molecule is O=c1[nH]c([C@@H]2CN(Cc3ccc4ncccc4c3)C[C@H]2C(F)(F)F)nc2c1ccn2C1CCCC1. The normalized spacial score (nSPS) is 22.0. The van der Waals surface area contributed by atoms with E-state index in [2.05, 4.69) is 15.0 Å². The van der Waals surface area contributed by atoms with Crippen molar-refractivity contribution < 1.29 is 13.2 Å². The first kappa shape index (κ1) is 22.3. The quantitative estimate of drug-likeness (QED) is 0.437. The molecule has 35 heavy (non-hydrogen) atoms. The van der Waals surface area contributed by atoms with Crippen LogP contribution < -0.4 is 5.56 Å². The molecule has 2 atom stereocenters. The number of likely N-dealkylation sites (tertiary alicyclic amines) is 1. The lowest BCUT2D eigenvalue weighted by atomic mass is 9.94. The highest BCUT2D eigenvalue weighted by molar-refractivity contribution is 5.79. The Morgan fingerprint density at radius 2 is 1.91 bits per heavy atom. The lowest BCUT2D eigenvalue weighted by Crippen LogP contribution is -2.31. The van der Waals surface area contributed by atoms with Crippen LogP contribution in [0.3, 0.4) is 0 Å². The second-order valence-electron chi connectivity index (χ2n) is 9.83. The van der Waals surface area contributed by atoms with E-state index in [9.17, 15) is 18.0 Å². The minimum atomic E-state index is -4.40. The molecule has 9 heteroatoms. The van der Waals surface area contributed by atoms with Gasteiger partial charge in [0.15, 0.2) is 0 Å². The van der Waals surface area contributed by atoms with Gasteiger partial charge in [0.1, 0.15) is 11.5 Å². The van der Waals surface area contributed by atoms with E-state index < -0.39 is 18.0 Å². The number of aromatic nitrogens is 4. The van der Waals surface area contributed by atoms with E-state index >= 15 is 0 Å². The standard InChI is InChI=1S/C26H26F3N5O/c27-26(28,29)21-15-33(13-16-7-8-22-17(12-16)4-3-10-30-22)14-20(21)23-31-24-19(25(35)32-23)9-11-34(24)18-5-1-2-6-18/h3-4,7-12,18,20-21H,1-2,5-6,13-15H2,(H,31,32,35)/t20-,21-/m1/s1. The molecule has 0 bridgehead atoms. The summed E-state index contributed by atoms with van der Waals surface area (Å²) in [7, 11) is 0. The van der Waals surface area contributed by atoms with Gasteiger partial charge in [-0.1, -0.05) is 25.0 Å². The summed E-state index contributed by atoms with van der Waals surface area (Å²) in [6.45, 7) is 0.428. The Balaban J connectivity index is 1.33. The summed E-state index contributed by atoms with van der Waals surface area (Å²) >= 11 is 0. The maximum Gasteiger partial charge on any atom is 0.393 e. The lowest BCUT2D eigenvalue weighted by Gasteiger charge is -2.21. The largest absolute Gasteiger partial charge is 0.393 e.